The molecule has 13 heavy (non-hydrogen) atoms. The number of hydrogen-bond acceptors (Lipinski definition) is 2. The summed E-state index contributed by atoms with van der Waals surface area (Å²) in [5.74, 6) is -1.07. The van der Waals surface area contributed by atoms with E-state index in [0.717, 1.165) is 12.8 Å². The zero-order valence-corrected chi connectivity index (χ0v) is 8.39. The minimum Gasteiger partial charge on any atom is -0.478 e. The molecule has 0 aliphatic heterocycles. The van der Waals surface area contributed by atoms with Gasteiger partial charge in [0.05, 0.1) is 0 Å². The molecule has 0 aliphatic carbocycles. The Kier molecular flexibility index (Phi) is 5.04. The Morgan fingerprint density at radius 3 is 2.08 bits per heavy atom. The number of carboxylic acid groups (broad SMARTS) is 1. The molecule has 0 aromatic heterocycles. The van der Waals surface area contributed by atoms with Gasteiger partial charge in [0.25, 0.3) is 0 Å². The molecule has 0 fully saturated rings. The Hall–Kier alpha value is -1.12. The lowest BCUT2D eigenvalue weighted by Crippen LogP contribution is -2.07. The van der Waals surface area contributed by atoms with Gasteiger partial charge in [-0.3, -0.25) is 4.79 Å². The van der Waals surface area contributed by atoms with Crippen LogP contribution < -0.4 is 0 Å². The van der Waals surface area contributed by atoms with Gasteiger partial charge in [0, 0.05) is 17.6 Å². The standard InChI is InChI=1S/C10H16O3/c1-4-5-6-9(11)7(2)8(3)10(12)13/h4-6H2,1-3H3,(H,12,13)/b8-7-. The zero-order valence-electron chi connectivity index (χ0n) is 8.39. The Morgan fingerprint density at radius 2 is 1.69 bits per heavy atom. The molecular formula is C10H16O3. The lowest BCUT2D eigenvalue weighted by Gasteiger charge is -2.02. The fraction of sp³-hybridized carbons (Fsp3) is 0.600. The van der Waals surface area contributed by atoms with Gasteiger partial charge in [-0.15, -0.1) is 0 Å². The van der Waals surface area contributed by atoms with E-state index in [1.54, 1.807) is 6.92 Å². The number of Topliss-reactive ketones (excluding diaryl/α,β-unsaturated/α-hetero) is 1. The maximum atomic E-state index is 11.3. The highest BCUT2D eigenvalue weighted by Crippen LogP contribution is 2.09. The van der Waals surface area contributed by atoms with E-state index in [1.165, 1.54) is 6.92 Å². The first kappa shape index (κ1) is 11.9. The summed E-state index contributed by atoms with van der Waals surface area (Å²) in [6.45, 7) is 5.03. The number of ketones is 1. The summed E-state index contributed by atoms with van der Waals surface area (Å²) in [7, 11) is 0. The molecule has 0 heterocycles. The van der Waals surface area contributed by atoms with Crippen LogP contribution in [0.5, 0.6) is 0 Å². The molecule has 0 aromatic carbocycles. The minimum absolute atomic E-state index is 0.0539. The SMILES string of the molecule is CCCCC(=O)/C(C)=C(/C)C(=O)O. The lowest BCUT2D eigenvalue weighted by atomic mass is 10.0. The van der Waals surface area contributed by atoms with Crippen LogP contribution in [-0.4, -0.2) is 16.9 Å². The van der Waals surface area contributed by atoms with E-state index >= 15 is 0 Å². The van der Waals surface area contributed by atoms with Crippen molar-refractivity contribution in [2.75, 3.05) is 0 Å². The van der Waals surface area contributed by atoms with Gasteiger partial charge >= 0.3 is 5.97 Å². The molecule has 3 nitrogen and oxygen atoms in total. The number of hydrogen-bond donors (Lipinski definition) is 1. The molecule has 0 aromatic rings. The van der Waals surface area contributed by atoms with E-state index in [2.05, 4.69) is 0 Å². The molecule has 0 saturated carbocycles. The minimum atomic E-state index is -1.01. The van der Waals surface area contributed by atoms with E-state index < -0.39 is 5.97 Å². The lowest BCUT2D eigenvalue weighted by molar-refractivity contribution is -0.133. The molecule has 74 valence electrons. The monoisotopic (exact) mass is 184 g/mol. The van der Waals surface area contributed by atoms with Gasteiger partial charge < -0.3 is 5.11 Å². The van der Waals surface area contributed by atoms with E-state index in [9.17, 15) is 9.59 Å². The second-order valence-corrected chi connectivity index (χ2v) is 3.08. The quantitative estimate of drug-likeness (QED) is 0.666. The van der Waals surface area contributed by atoms with Gasteiger partial charge in [-0.25, -0.2) is 4.79 Å². The van der Waals surface area contributed by atoms with Crippen LogP contribution >= 0.6 is 0 Å². The van der Waals surface area contributed by atoms with Crippen molar-refractivity contribution >= 4 is 11.8 Å². The van der Waals surface area contributed by atoms with Crippen LogP contribution in [0, 0.1) is 0 Å². The third-order valence-electron chi connectivity index (χ3n) is 2.06. The molecule has 3 heteroatoms. The molecule has 1 N–H and O–H groups in total. The molecule has 0 unspecified atom stereocenters. The molecule has 0 rings (SSSR count). The Balaban J connectivity index is 4.40. The normalized spacial score (nSPS) is 12.2. The zero-order chi connectivity index (χ0) is 10.4. The molecule has 0 saturated heterocycles. The van der Waals surface area contributed by atoms with Crippen molar-refractivity contribution in [1.82, 2.24) is 0 Å². The first-order chi connectivity index (χ1) is 6.00. The van der Waals surface area contributed by atoms with Gasteiger partial charge in [-0.05, 0) is 20.3 Å². The summed E-state index contributed by atoms with van der Waals surface area (Å²) < 4.78 is 0. The fourth-order valence-electron chi connectivity index (χ4n) is 0.894. The first-order valence-electron chi connectivity index (χ1n) is 4.44. The van der Waals surface area contributed by atoms with E-state index in [4.69, 9.17) is 5.11 Å². The predicted octanol–water partition coefficient (Wildman–Crippen LogP) is 2.17. The summed E-state index contributed by atoms with van der Waals surface area (Å²) >= 11 is 0. The van der Waals surface area contributed by atoms with Gasteiger partial charge in [-0.2, -0.15) is 0 Å². The van der Waals surface area contributed by atoms with E-state index in [0.29, 0.717) is 12.0 Å². The van der Waals surface area contributed by atoms with Crippen LogP contribution in [0.25, 0.3) is 0 Å². The molecule has 0 bridgehead atoms. The maximum Gasteiger partial charge on any atom is 0.331 e. The highest BCUT2D eigenvalue weighted by Gasteiger charge is 2.11. The van der Waals surface area contributed by atoms with Crippen LogP contribution in [0.3, 0.4) is 0 Å². The number of rotatable bonds is 5. The smallest absolute Gasteiger partial charge is 0.331 e. The fourth-order valence-corrected chi connectivity index (χ4v) is 0.894. The maximum absolute atomic E-state index is 11.3. The third-order valence-corrected chi connectivity index (χ3v) is 2.06. The van der Waals surface area contributed by atoms with Crippen molar-refractivity contribution in [3.05, 3.63) is 11.1 Å². The predicted molar refractivity (Wildman–Crippen MR) is 50.5 cm³/mol. The number of carbonyl (C=O) groups excluding carboxylic acids is 1. The second-order valence-electron chi connectivity index (χ2n) is 3.08. The number of allylic oxidation sites excluding steroid dienone is 1. The van der Waals surface area contributed by atoms with Crippen molar-refractivity contribution in [1.29, 1.82) is 0 Å². The van der Waals surface area contributed by atoms with Crippen LogP contribution in [0.2, 0.25) is 0 Å². The Morgan fingerprint density at radius 1 is 1.15 bits per heavy atom. The molecule has 0 spiro atoms. The van der Waals surface area contributed by atoms with Crippen LogP contribution in [-0.2, 0) is 9.59 Å². The van der Waals surface area contributed by atoms with Crippen molar-refractivity contribution in [2.45, 2.75) is 40.0 Å². The number of carboxylic acids is 1. The highest BCUT2D eigenvalue weighted by atomic mass is 16.4. The van der Waals surface area contributed by atoms with Gasteiger partial charge in [0.1, 0.15) is 0 Å². The second kappa shape index (κ2) is 5.51. The van der Waals surface area contributed by atoms with Gasteiger partial charge in [0.15, 0.2) is 5.78 Å². The number of carbonyl (C=O) groups is 2. The number of unbranched alkanes of at least 4 members (excludes halogenated alkanes) is 1. The average molecular weight is 184 g/mol. The number of aliphatic carboxylic acids is 1. The van der Waals surface area contributed by atoms with Crippen molar-refractivity contribution in [2.24, 2.45) is 0 Å². The van der Waals surface area contributed by atoms with Gasteiger partial charge in [-0.1, -0.05) is 13.3 Å². The summed E-state index contributed by atoms with van der Waals surface area (Å²) in [6.07, 6.45) is 2.22. The Labute approximate surface area is 78.5 Å². The largest absolute Gasteiger partial charge is 0.478 e. The Bertz CT molecular complexity index is 239. The summed E-state index contributed by atoms with van der Waals surface area (Å²) in [4.78, 5) is 21.8. The van der Waals surface area contributed by atoms with Crippen LogP contribution in [0.1, 0.15) is 40.0 Å². The molecular weight excluding hydrogens is 168 g/mol. The van der Waals surface area contributed by atoms with E-state index in [-0.39, 0.29) is 11.4 Å². The van der Waals surface area contributed by atoms with Crippen molar-refractivity contribution < 1.29 is 14.7 Å². The topological polar surface area (TPSA) is 54.4 Å². The summed E-state index contributed by atoms with van der Waals surface area (Å²) in [5.41, 5.74) is 0.530. The average Bonchev–Trinajstić information content (AvgIpc) is 2.11. The van der Waals surface area contributed by atoms with Gasteiger partial charge in [0.2, 0.25) is 0 Å². The van der Waals surface area contributed by atoms with Crippen LogP contribution in [0.15, 0.2) is 11.1 Å². The summed E-state index contributed by atoms with van der Waals surface area (Å²) in [6, 6.07) is 0. The first-order valence-corrected chi connectivity index (χ1v) is 4.44. The molecule has 0 aliphatic rings. The molecule has 0 amide bonds. The third kappa shape index (κ3) is 3.87. The highest BCUT2D eigenvalue weighted by molar-refractivity contribution is 6.02. The van der Waals surface area contributed by atoms with Crippen molar-refractivity contribution in [3.63, 3.8) is 0 Å². The van der Waals surface area contributed by atoms with Crippen molar-refractivity contribution in [3.8, 4) is 0 Å². The van der Waals surface area contributed by atoms with E-state index in [1.807, 2.05) is 6.92 Å². The van der Waals surface area contributed by atoms with Crippen LogP contribution in [0.4, 0.5) is 0 Å². The molecule has 0 radical (unpaired) electrons. The molecule has 0 atom stereocenters. The summed E-state index contributed by atoms with van der Waals surface area (Å²) in [5, 5.41) is 8.62.